The first-order chi connectivity index (χ1) is 5.81. The zero-order valence-electron chi connectivity index (χ0n) is 6.74. The molecule has 0 amide bonds. The third-order valence-corrected chi connectivity index (χ3v) is 2.16. The van der Waals surface area contributed by atoms with Crippen LogP contribution >= 0.6 is 0 Å². The number of rotatable bonds is 1. The van der Waals surface area contributed by atoms with Crippen LogP contribution in [0.4, 0.5) is 0 Å². The van der Waals surface area contributed by atoms with Crippen LogP contribution in [0.3, 0.4) is 0 Å². The van der Waals surface area contributed by atoms with Gasteiger partial charge in [-0.05, 0) is 6.42 Å². The lowest BCUT2D eigenvalue weighted by atomic mass is 10.1. The highest BCUT2D eigenvalue weighted by atomic mass is 16.5. The highest BCUT2D eigenvalue weighted by molar-refractivity contribution is 5.73. The van der Waals surface area contributed by atoms with Gasteiger partial charge in [-0.25, -0.2) is 0 Å². The van der Waals surface area contributed by atoms with E-state index in [2.05, 4.69) is 9.89 Å². The molecule has 1 atom stereocenters. The van der Waals surface area contributed by atoms with Crippen LogP contribution in [-0.4, -0.2) is 18.2 Å². The predicted octanol–water partition coefficient (Wildman–Crippen LogP) is 0.562. The maximum absolute atomic E-state index is 11.1. The normalized spacial score (nSPS) is 20.6. The van der Waals surface area contributed by atoms with Gasteiger partial charge in [0.25, 0.3) is 0 Å². The van der Waals surface area contributed by atoms with Gasteiger partial charge in [-0.3, -0.25) is 4.79 Å². The smallest absolute Gasteiger partial charge is 0.309 e. The number of nitrogens with zero attached hydrogens (tertiary/aromatic N) is 1. The Balaban J connectivity index is 2.12. The first-order valence-corrected chi connectivity index (χ1v) is 3.81. The highest BCUT2D eigenvalue weighted by Gasteiger charge is 2.30. The Bertz CT molecular complexity index is 285. The molecule has 0 spiro atoms. The molecule has 0 aromatic carbocycles. The number of methoxy groups -OCH3 is 1. The Morgan fingerprint density at radius 1 is 1.75 bits per heavy atom. The van der Waals surface area contributed by atoms with Crippen molar-refractivity contribution in [2.75, 3.05) is 7.11 Å². The summed E-state index contributed by atoms with van der Waals surface area (Å²) in [7, 11) is 1.40. The van der Waals surface area contributed by atoms with Crippen LogP contribution in [-0.2, 0) is 22.4 Å². The average Bonchev–Trinajstić information content (AvgIpc) is 2.60. The van der Waals surface area contributed by atoms with Crippen LogP contribution in [0, 0.1) is 5.92 Å². The summed E-state index contributed by atoms with van der Waals surface area (Å²) in [6, 6.07) is 0. The van der Waals surface area contributed by atoms with E-state index in [0.717, 1.165) is 11.3 Å². The van der Waals surface area contributed by atoms with Gasteiger partial charge in [0.05, 0.1) is 19.2 Å². The summed E-state index contributed by atoms with van der Waals surface area (Å²) in [4.78, 5) is 11.1. The first-order valence-electron chi connectivity index (χ1n) is 3.81. The van der Waals surface area contributed by atoms with Gasteiger partial charge in [0.1, 0.15) is 5.76 Å². The number of hydrogen-bond donors (Lipinski definition) is 0. The molecule has 0 saturated heterocycles. The number of esters is 1. The lowest BCUT2D eigenvalue weighted by Gasteiger charge is -2.03. The lowest BCUT2D eigenvalue weighted by molar-refractivity contribution is -0.145. The number of fused-ring (bicyclic) bond motifs is 1. The van der Waals surface area contributed by atoms with Crippen LogP contribution in [0.1, 0.15) is 11.3 Å². The predicted molar refractivity (Wildman–Crippen MR) is 39.4 cm³/mol. The van der Waals surface area contributed by atoms with E-state index >= 15 is 0 Å². The highest BCUT2D eigenvalue weighted by Crippen LogP contribution is 2.26. The fourth-order valence-electron chi connectivity index (χ4n) is 1.51. The molecule has 12 heavy (non-hydrogen) atoms. The van der Waals surface area contributed by atoms with Gasteiger partial charge < -0.3 is 9.26 Å². The first kappa shape index (κ1) is 7.34. The van der Waals surface area contributed by atoms with Crippen LogP contribution in [0.15, 0.2) is 10.7 Å². The molecule has 1 heterocycles. The molecule has 0 N–H and O–H groups in total. The van der Waals surface area contributed by atoms with E-state index in [1.54, 1.807) is 6.20 Å². The van der Waals surface area contributed by atoms with E-state index in [9.17, 15) is 4.79 Å². The van der Waals surface area contributed by atoms with Gasteiger partial charge in [-0.2, -0.15) is 0 Å². The van der Waals surface area contributed by atoms with Gasteiger partial charge in [-0.15, -0.1) is 0 Å². The summed E-state index contributed by atoms with van der Waals surface area (Å²) in [6.07, 6.45) is 2.99. The summed E-state index contributed by atoms with van der Waals surface area (Å²) in [5, 5.41) is 3.64. The number of aromatic nitrogens is 1. The summed E-state index contributed by atoms with van der Waals surface area (Å²) in [5.41, 5.74) is 1.03. The van der Waals surface area contributed by atoms with Gasteiger partial charge in [-0.1, -0.05) is 5.16 Å². The van der Waals surface area contributed by atoms with E-state index in [1.165, 1.54) is 7.11 Å². The molecule has 1 aliphatic carbocycles. The minimum absolute atomic E-state index is 0.0632. The molecule has 4 nitrogen and oxygen atoms in total. The Kier molecular flexibility index (Phi) is 1.60. The van der Waals surface area contributed by atoms with Crippen molar-refractivity contribution in [1.29, 1.82) is 0 Å². The molecule has 1 aliphatic rings. The average molecular weight is 167 g/mol. The van der Waals surface area contributed by atoms with E-state index < -0.39 is 0 Å². The fourth-order valence-corrected chi connectivity index (χ4v) is 1.51. The second kappa shape index (κ2) is 2.62. The second-order valence-electron chi connectivity index (χ2n) is 2.90. The molecule has 0 unspecified atom stereocenters. The van der Waals surface area contributed by atoms with Crippen molar-refractivity contribution in [3.63, 3.8) is 0 Å². The van der Waals surface area contributed by atoms with Crippen LogP contribution in [0.2, 0.25) is 0 Å². The summed E-state index contributed by atoms with van der Waals surface area (Å²) in [5.74, 6) is 0.596. The van der Waals surface area contributed by atoms with Crippen molar-refractivity contribution in [3.8, 4) is 0 Å². The number of hydrogen-bond acceptors (Lipinski definition) is 4. The standard InChI is InChI=1S/C8H9NO3/c1-11-8(10)5-2-6-4-9-12-7(6)3-5/h4-5H,2-3H2,1H3/t5-/m1/s1. The van der Waals surface area contributed by atoms with Crippen molar-refractivity contribution in [1.82, 2.24) is 5.16 Å². The minimum Gasteiger partial charge on any atom is -0.469 e. The van der Waals surface area contributed by atoms with Crippen molar-refractivity contribution >= 4 is 5.97 Å². The van der Waals surface area contributed by atoms with Crippen molar-refractivity contribution in [2.45, 2.75) is 12.8 Å². The van der Waals surface area contributed by atoms with Gasteiger partial charge in [0.15, 0.2) is 0 Å². The van der Waals surface area contributed by atoms with Crippen LogP contribution < -0.4 is 0 Å². The molecule has 1 aromatic rings. The van der Waals surface area contributed by atoms with Crippen LogP contribution in [0.5, 0.6) is 0 Å². The monoisotopic (exact) mass is 167 g/mol. The van der Waals surface area contributed by atoms with Crippen molar-refractivity contribution in [3.05, 3.63) is 17.5 Å². The maximum atomic E-state index is 11.1. The Labute approximate surface area is 69.5 Å². The fraction of sp³-hybridized carbons (Fsp3) is 0.500. The lowest BCUT2D eigenvalue weighted by Crippen LogP contribution is -2.16. The molecule has 0 fully saturated rings. The zero-order chi connectivity index (χ0) is 8.55. The van der Waals surface area contributed by atoms with E-state index in [1.807, 2.05) is 0 Å². The molecule has 4 heteroatoms. The maximum Gasteiger partial charge on any atom is 0.309 e. The third-order valence-electron chi connectivity index (χ3n) is 2.16. The van der Waals surface area contributed by atoms with E-state index in [4.69, 9.17) is 4.52 Å². The molecule has 0 aliphatic heterocycles. The third kappa shape index (κ3) is 0.995. The molecule has 2 rings (SSSR count). The van der Waals surface area contributed by atoms with Crippen molar-refractivity contribution in [2.24, 2.45) is 5.92 Å². The van der Waals surface area contributed by atoms with Crippen molar-refractivity contribution < 1.29 is 14.1 Å². The number of carbonyl (C=O) groups is 1. The van der Waals surface area contributed by atoms with E-state index in [0.29, 0.717) is 12.8 Å². The largest absolute Gasteiger partial charge is 0.469 e. The van der Waals surface area contributed by atoms with E-state index in [-0.39, 0.29) is 11.9 Å². The Morgan fingerprint density at radius 2 is 2.58 bits per heavy atom. The molecular weight excluding hydrogens is 158 g/mol. The minimum atomic E-state index is -0.165. The Hall–Kier alpha value is -1.32. The Morgan fingerprint density at radius 3 is 3.25 bits per heavy atom. The van der Waals surface area contributed by atoms with Gasteiger partial charge in [0.2, 0.25) is 0 Å². The molecular formula is C8H9NO3. The summed E-state index contributed by atoms with van der Waals surface area (Å²) >= 11 is 0. The summed E-state index contributed by atoms with van der Waals surface area (Å²) in [6.45, 7) is 0. The SMILES string of the molecule is COC(=O)[C@@H]1Cc2cnoc2C1. The summed E-state index contributed by atoms with van der Waals surface area (Å²) < 4.78 is 9.58. The number of carbonyl (C=O) groups excluding carboxylic acids is 1. The quantitative estimate of drug-likeness (QED) is 0.573. The zero-order valence-corrected chi connectivity index (χ0v) is 6.74. The van der Waals surface area contributed by atoms with Crippen LogP contribution in [0.25, 0.3) is 0 Å². The molecule has 0 radical (unpaired) electrons. The number of ether oxygens (including phenoxy) is 1. The second-order valence-corrected chi connectivity index (χ2v) is 2.90. The molecule has 0 saturated carbocycles. The molecule has 0 bridgehead atoms. The van der Waals surface area contributed by atoms with Gasteiger partial charge >= 0.3 is 5.97 Å². The van der Waals surface area contributed by atoms with Gasteiger partial charge in [0, 0.05) is 12.0 Å². The topological polar surface area (TPSA) is 52.3 Å². The molecule has 64 valence electrons. The molecule has 1 aromatic heterocycles.